The maximum atomic E-state index is 14.3. The number of amides is 3. The highest BCUT2D eigenvalue weighted by Crippen LogP contribution is 2.43. The molecule has 1 aromatic heterocycles. The lowest BCUT2D eigenvalue weighted by Gasteiger charge is -2.53. The van der Waals surface area contributed by atoms with Gasteiger partial charge in [-0.3, -0.25) is 9.59 Å². The molecule has 3 saturated heterocycles. The van der Waals surface area contributed by atoms with E-state index in [1.165, 1.54) is 12.1 Å². The van der Waals surface area contributed by atoms with E-state index in [4.69, 9.17) is 9.26 Å². The zero-order valence-corrected chi connectivity index (χ0v) is 30.7. The van der Waals surface area contributed by atoms with Crippen LogP contribution in [-0.2, 0) is 14.3 Å². The molecule has 1 N–H and O–H groups in total. The Labute approximate surface area is 302 Å². The normalized spacial score (nSPS) is 19.8. The molecule has 2 aromatic carbocycles. The molecule has 3 unspecified atom stereocenters. The van der Waals surface area contributed by atoms with Crippen LogP contribution in [0, 0.1) is 28.8 Å². The lowest BCUT2D eigenvalue weighted by molar-refractivity contribution is -0.141. The van der Waals surface area contributed by atoms with E-state index in [0.29, 0.717) is 61.8 Å². The van der Waals surface area contributed by atoms with Crippen molar-refractivity contribution < 1.29 is 36.8 Å². The smallest absolute Gasteiger partial charge is 0.410 e. The van der Waals surface area contributed by atoms with Crippen LogP contribution in [0.5, 0.6) is 0 Å². The third-order valence-corrected chi connectivity index (χ3v) is 10.5. The van der Waals surface area contributed by atoms with Gasteiger partial charge in [0.1, 0.15) is 35.0 Å². The van der Waals surface area contributed by atoms with Crippen molar-refractivity contribution in [3.05, 3.63) is 71.2 Å². The lowest BCUT2D eigenvalue weighted by Crippen LogP contribution is -2.61. The molecule has 3 fully saturated rings. The number of ether oxygens (including phenoxy) is 1. The Morgan fingerprint density at radius 3 is 2.19 bits per heavy atom. The summed E-state index contributed by atoms with van der Waals surface area (Å²) < 4.78 is 53.4. The van der Waals surface area contributed by atoms with Crippen LogP contribution in [0.15, 0.2) is 47.0 Å². The number of nitrogens with zero attached hydrogens (tertiary/aromatic N) is 4. The molecule has 0 radical (unpaired) electrons. The van der Waals surface area contributed by atoms with Gasteiger partial charge in [0, 0.05) is 56.3 Å². The van der Waals surface area contributed by atoms with Crippen molar-refractivity contribution in [2.24, 2.45) is 11.3 Å². The number of nitrogens with one attached hydrogen (secondary N) is 1. The Bertz CT molecular complexity index is 1770. The van der Waals surface area contributed by atoms with Gasteiger partial charge in [-0.15, -0.1) is 0 Å². The summed E-state index contributed by atoms with van der Waals surface area (Å²) in [5.41, 5.74) is 0.186. The van der Waals surface area contributed by atoms with Gasteiger partial charge < -0.3 is 29.3 Å². The molecule has 13 heteroatoms. The van der Waals surface area contributed by atoms with Crippen molar-refractivity contribution in [1.29, 1.82) is 0 Å². The number of carbonyl (C=O) groups excluding carboxylic acids is 3. The molecule has 4 heterocycles. The third-order valence-electron chi connectivity index (χ3n) is 10.5. The highest BCUT2D eigenvalue weighted by atomic mass is 19.1. The van der Waals surface area contributed by atoms with Gasteiger partial charge in [0.15, 0.2) is 11.6 Å². The number of carbonyl (C=O) groups is 3. The summed E-state index contributed by atoms with van der Waals surface area (Å²) in [5.74, 6) is -3.08. The predicted molar refractivity (Wildman–Crippen MR) is 189 cm³/mol. The molecule has 1 spiro atoms. The first-order valence-electron chi connectivity index (χ1n) is 18.1. The molecule has 3 aliphatic heterocycles. The molecule has 0 bridgehead atoms. The van der Waals surface area contributed by atoms with Crippen LogP contribution in [0.2, 0.25) is 0 Å². The highest BCUT2D eigenvalue weighted by Gasteiger charge is 2.47. The molecular formula is C39H48F3N5O5. The maximum Gasteiger partial charge on any atom is 0.410 e. The monoisotopic (exact) mass is 723 g/mol. The minimum Gasteiger partial charge on any atom is -0.444 e. The fourth-order valence-electron chi connectivity index (χ4n) is 7.67. The Morgan fingerprint density at radius 2 is 1.60 bits per heavy atom. The molecular weight excluding hydrogens is 675 g/mol. The molecule has 10 nitrogen and oxygen atoms in total. The minimum atomic E-state index is -0.998. The first-order chi connectivity index (χ1) is 24.5. The molecule has 0 saturated carbocycles. The number of halogens is 3. The van der Waals surface area contributed by atoms with Crippen molar-refractivity contribution in [1.82, 2.24) is 20.3 Å². The number of likely N-dealkylation sites (tertiary alicyclic amines) is 2. The summed E-state index contributed by atoms with van der Waals surface area (Å²) in [6.07, 6.45) is 2.66. The Kier molecular flexibility index (Phi) is 10.4. The standard InChI is InChI=1S/C39H48F3N5O5/c1-23(2)33(31-20-32(44-52-31)46-21-39(22-46)13-16-45(17-14-39)37(50)51-38(4,5)6)36(49)47-15-7-8-30(47)35(48)43-24(3)25-9-11-26(12-10-25)34-28(41)18-27(40)19-29(34)42/h9-12,18-20,23-24,30,33H,7-8,13-17,21-22H2,1-6H3,(H,43,48). The van der Waals surface area contributed by atoms with Gasteiger partial charge in [0.25, 0.3) is 0 Å². The zero-order chi connectivity index (χ0) is 37.5. The van der Waals surface area contributed by atoms with Crippen molar-refractivity contribution in [3.63, 3.8) is 0 Å². The van der Waals surface area contributed by atoms with Gasteiger partial charge in [0.2, 0.25) is 11.8 Å². The predicted octanol–water partition coefficient (Wildman–Crippen LogP) is 7.20. The number of rotatable bonds is 8. The number of piperidine rings is 1. The lowest BCUT2D eigenvalue weighted by atomic mass is 9.72. The fourth-order valence-corrected chi connectivity index (χ4v) is 7.67. The molecule has 280 valence electrons. The molecule has 6 rings (SSSR count). The first kappa shape index (κ1) is 37.2. The van der Waals surface area contributed by atoms with Crippen molar-refractivity contribution in [3.8, 4) is 11.1 Å². The average molecular weight is 724 g/mol. The second-order valence-electron chi connectivity index (χ2n) is 15.9. The van der Waals surface area contributed by atoms with E-state index in [1.54, 1.807) is 28.9 Å². The van der Waals surface area contributed by atoms with Crippen LogP contribution in [0.1, 0.15) is 90.5 Å². The summed E-state index contributed by atoms with van der Waals surface area (Å²) in [6, 6.07) is 8.35. The van der Waals surface area contributed by atoms with E-state index in [1.807, 2.05) is 40.7 Å². The minimum absolute atomic E-state index is 0.0959. The summed E-state index contributed by atoms with van der Waals surface area (Å²) in [6.45, 7) is 14.6. The average Bonchev–Trinajstić information content (AvgIpc) is 3.73. The summed E-state index contributed by atoms with van der Waals surface area (Å²) in [5, 5.41) is 7.34. The second kappa shape index (κ2) is 14.5. The number of hydrogen-bond donors (Lipinski definition) is 1. The van der Waals surface area contributed by atoms with Gasteiger partial charge in [-0.25, -0.2) is 18.0 Å². The number of hydrogen-bond acceptors (Lipinski definition) is 7. The summed E-state index contributed by atoms with van der Waals surface area (Å²) >= 11 is 0. The quantitative estimate of drug-likeness (QED) is 0.262. The van der Waals surface area contributed by atoms with E-state index < -0.39 is 41.1 Å². The molecule has 3 amide bonds. The first-order valence-corrected chi connectivity index (χ1v) is 18.1. The Balaban J connectivity index is 1.06. The van der Waals surface area contributed by atoms with Crippen molar-refractivity contribution in [2.75, 3.05) is 37.6 Å². The van der Waals surface area contributed by atoms with Crippen LogP contribution < -0.4 is 10.2 Å². The highest BCUT2D eigenvalue weighted by molar-refractivity contribution is 5.91. The largest absolute Gasteiger partial charge is 0.444 e. The summed E-state index contributed by atoms with van der Waals surface area (Å²) in [7, 11) is 0. The summed E-state index contributed by atoms with van der Waals surface area (Å²) in [4.78, 5) is 45.8. The SMILES string of the molecule is CC(NC(=O)C1CCCN1C(=O)C(c1cc(N2CC3(CCN(C(=O)OC(C)(C)C)CC3)C2)no1)C(C)C)c1ccc(-c2c(F)cc(F)cc2F)cc1. The van der Waals surface area contributed by atoms with Gasteiger partial charge >= 0.3 is 6.09 Å². The van der Waals surface area contributed by atoms with E-state index >= 15 is 0 Å². The Hall–Kier alpha value is -4.55. The van der Waals surface area contributed by atoms with Crippen LogP contribution in [0.25, 0.3) is 11.1 Å². The maximum absolute atomic E-state index is 14.3. The molecule has 52 heavy (non-hydrogen) atoms. The third kappa shape index (κ3) is 7.78. The molecule has 3 aliphatic rings. The van der Waals surface area contributed by atoms with Gasteiger partial charge in [-0.1, -0.05) is 43.3 Å². The van der Waals surface area contributed by atoms with E-state index in [9.17, 15) is 27.6 Å². The van der Waals surface area contributed by atoms with E-state index in [0.717, 1.165) is 25.9 Å². The van der Waals surface area contributed by atoms with Crippen LogP contribution >= 0.6 is 0 Å². The van der Waals surface area contributed by atoms with E-state index in [2.05, 4.69) is 15.4 Å². The topological polar surface area (TPSA) is 108 Å². The van der Waals surface area contributed by atoms with Crippen molar-refractivity contribution in [2.45, 2.75) is 90.8 Å². The van der Waals surface area contributed by atoms with Crippen molar-refractivity contribution >= 4 is 23.7 Å². The van der Waals surface area contributed by atoms with Crippen LogP contribution in [0.3, 0.4) is 0 Å². The number of benzene rings is 2. The van der Waals surface area contributed by atoms with Gasteiger partial charge in [-0.05, 0) is 70.4 Å². The van der Waals surface area contributed by atoms with Crippen LogP contribution in [0.4, 0.5) is 23.8 Å². The molecule has 0 aliphatic carbocycles. The van der Waals surface area contributed by atoms with Crippen LogP contribution in [-0.4, -0.2) is 77.2 Å². The van der Waals surface area contributed by atoms with Gasteiger partial charge in [0.05, 0.1) is 11.6 Å². The zero-order valence-electron chi connectivity index (χ0n) is 30.7. The van der Waals surface area contributed by atoms with E-state index in [-0.39, 0.29) is 40.4 Å². The number of anilines is 1. The molecule has 3 atom stereocenters. The second-order valence-corrected chi connectivity index (χ2v) is 15.9. The fraction of sp³-hybridized carbons (Fsp3) is 0.538. The Morgan fingerprint density at radius 1 is 0.962 bits per heavy atom. The number of aromatic nitrogens is 1. The van der Waals surface area contributed by atoms with Gasteiger partial charge in [-0.2, -0.15) is 0 Å². The molecule has 3 aromatic rings.